The third kappa shape index (κ3) is 3.47. The van der Waals surface area contributed by atoms with Crippen LogP contribution in [0.1, 0.15) is 12.5 Å². The quantitative estimate of drug-likeness (QED) is 0.841. The Morgan fingerprint density at radius 2 is 1.80 bits per heavy atom. The van der Waals surface area contributed by atoms with Crippen LogP contribution in [-0.2, 0) is 16.0 Å². The Bertz CT molecular complexity index is 620. The van der Waals surface area contributed by atoms with Gasteiger partial charge < -0.3 is 4.74 Å². The molecule has 20 heavy (non-hydrogen) atoms. The van der Waals surface area contributed by atoms with Crippen LogP contribution in [0.2, 0.25) is 0 Å². The van der Waals surface area contributed by atoms with Gasteiger partial charge in [-0.3, -0.25) is 10.2 Å². The summed E-state index contributed by atoms with van der Waals surface area (Å²) in [6.45, 7) is 1.95. The van der Waals surface area contributed by atoms with Crippen molar-refractivity contribution < 1.29 is 14.3 Å². The average molecular weight is 272 g/mol. The fraction of sp³-hybridized carbons (Fsp3) is 0.200. The number of benzene rings is 2. The Balaban J connectivity index is 2.01. The predicted octanol–water partition coefficient (Wildman–Crippen LogP) is 2.16. The van der Waals surface area contributed by atoms with Crippen molar-refractivity contribution in [3.63, 3.8) is 0 Å². The minimum absolute atomic E-state index is 0.188. The molecule has 0 aliphatic rings. The lowest BCUT2D eigenvalue weighted by Crippen LogP contribution is -2.42. The maximum absolute atomic E-state index is 11.8. The zero-order valence-electron chi connectivity index (χ0n) is 11.2. The van der Waals surface area contributed by atoms with Gasteiger partial charge in [-0.05, 0) is 23.3 Å². The van der Waals surface area contributed by atoms with E-state index in [4.69, 9.17) is 0 Å². The molecule has 2 N–H and O–H groups in total. The van der Waals surface area contributed by atoms with Gasteiger partial charge in [0, 0.05) is 0 Å². The van der Waals surface area contributed by atoms with Crippen LogP contribution in [-0.4, -0.2) is 18.6 Å². The molecular weight excluding hydrogens is 256 g/mol. The fourth-order valence-electron chi connectivity index (χ4n) is 1.95. The molecule has 2 amide bonds. The van der Waals surface area contributed by atoms with Gasteiger partial charge >= 0.3 is 6.09 Å². The van der Waals surface area contributed by atoms with Gasteiger partial charge in [0.25, 0.3) is 0 Å². The van der Waals surface area contributed by atoms with Crippen molar-refractivity contribution in [2.45, 2.75) is 13.3 Å². The molecule has 0 unspecified atom stereocenters. The zero-order valence-corrected chi connectivity index (χ0v) is 11.2. The average Bonchev–Trinajstić information content (AvgIpc) is 2.46. The van der Waals surface area contributed by atoms with Crippen molar-refractivity contribution in [1.29, 1.82) is 0 Å². The van der Waals surface area contributed by atoms with Gasteiger partial charge in [-0.2, -0.15) is 0 Å². The minimum Gasteiger partial charge on any atom is -0.449 e. The lowest BCUT2D eigenvalue weighted by molar-refractivity contribution is -0.121. The van der Waals surface area contributed by atoms with Crippen LogP contribution >= 0.6 is 0 Å². The molecule has 2 aromatic rings. The number of hydrazine groups is 1. The number of amides is 2. The smallest absolute Gasteiger partial charge is 0.426 e. The molecule has 0 radical (unpaired) electrons. The molecule has 0 fully saturated rings. The molecule has 0 aliphatic heterocycles. The van der Waals surface area contributed by atoms with E-state index in [1.807, 2.05) is 42.5 Å². The van der Waals surface area contributed by atoms with Gasteiger partial charge in [0.15, 0.2) is 0 Å². The van der Waals surface area contributed by atoms with Crippen LogP contribution in [0.4, 0.5) is 4.79 Å². The van der Waals surface area contributed by atoms with Gasteiger partial charge in [0.2, 0.25) is 5.91 Å². The minimum atomic E-state index is -0.668. The van der Waals surface area contributed by atoms with Crippen molar-refractivity contribution in [3.8, 4) is 0 Å². The van der Waals surface area contributed by atoms with Crippen molar-refractivity contribution in [2.24, 2.45) is 0 Å². The maximum Gasteiger partial charge on any atom is 0.426 e. The summed E-state index contributed by atoms with van der Waals surface area (Å²) < 4.78 is 4.65. The van der Waals surface area contributed by atoms with Crippen LogP contribution in [0.25, 0.3) is 10.8 Å². The molecule has 5 nitrogen and oxygen atoms in total. The first kappa shape index (κ1) is 13.9. The third-order valence-electron chi connectivity index (χ3n) is 2.81. The Morgan fingerprint density at radius 3 is 2.60 bits per heavy atom. The Morgan fingerprint density at radius 1 is 1.05 bits per heavy atom. The lowest BCUT2D eigenvalue weighted by Gasteiger charge is -2.08. The summed E-state index contributed by atoms with van der Waals surface area (Å²) in [5, 5.41) is 2.11. The Hall–Kier alpha value is -2.56. The van der Waals surface area contributed by atoms with Crippen LogP contribution in [0, 0.1) is 0 Å². The second-order valence-electron chi connectivity index (χ2n) is 4.21. The van der Waals surface area contributed by atoms with Crippen LogP contribution in [0.5, 0.6) is 0 Å². The van der Waals surface area contributed by atoms with Crippen molar-refractivity contribution in [3.05, 3.63) is 48.0 Å². The standard InChI is InChI=1S/C15H16N2O3/c1-2-20-15(19)17-16-14(18)10-12-8-5-7-11-6-3-4-9-13(11)12/h3-9H,2,10H2,1H3,(H,16,18)(H,17,19). The number of rotatable bonds is 3. The van der Waals surface area contributed by atoms with E-state index in [-0.39, 0.29) is 18.9 Å². The highest BCUT2D eigenvalue weighted by Crippen LogP contribution is 2.18. The summed E-state index contributed by atoms with van der Waals surface area (Å²) in [6, 6.07) is 13.6. The lowest BCUT2D eigenvalue weighted by atomic mass is 10.0. The summed E-state index contributed by atoms with van der Waals surface area (Å²) in [5.74, 6) is -0.297. The number of nitrogens with one attached hydrogen (secondary N) is 2. The molecule has 0 bridgehead atoms. The first-order valence-electron chi connectivity index (χ1n) is 6.39. The number of carbonyl (C=O) groups is 2. The van der Waals surface area contributed by atoms with Gasteiger partial charge in [-0.25, -0.2) is 10.2 Å². The second-order valence-corrected chi connectivity index (χ2v) is 4.21. The number of carbonyl (C=O) groups excluding carboxylic acids is 2. The highest BCUT2D eigenvalue weighted by atomic mass is 16.5. The largest absolute Gasteiger partial charge is 0.449 e. The number of fused-ring (bicyclic) bond motifs is 1. The second kappa shape index (κ2) is 6.56. The zero-order chi connectivity index (χ0) is 14.4. The molecule has 2 rings (SSSR count). The molecule has 104 valence electrons. The van der Waals surface area contributed by atoms with Crippen molar-refractivity contribution >= 4 is 22.8 Å². The van der Waals surface area contributed by atoms with E-state index in [1.165, 1.54) is 0 Å². The van der Waals surface area contributed by atoms with E-state index in [0.717, 1.165) is 16.3 Å². The summed E-state index contributed by atoms with van der Waals surface area (Å²) in [6.07, 6.45) is -0.480. The topological polar surface area (TPSA) is 67.4 Å². The molecule has 0 atom stereocenters. The first-order chi connectivity index (χ1) is 9.70. The van der Waals surface area contributed by atoms with Crippen LogP contribution < -0.4 is 10.9 Å². The van der Waals surface area contributed by atoms with E-state index in [1.54, 1.807) is 6.92 Å². The number of hydrogen-bond donors (Lipinski definition) is 2. The van der Waals surface area contributed by atoms with Gasteiger partial charge in [-0.15, -0.1) is 0 Å². The van der Waals surface area contributed by atoms with E-state index in [9.17, 15) is 9.59 Å². The van der Waals surface area contributed by atoms with Crippen LogP contribution in [0.3, 0.4) is 0 Å². The summed E-state index contributed by atoms with van der Waals surface area (Å²) in [4.78, 5) is 22.8. The molecule has 5 heteroatoms. The predicted molar refractivity (Wildman–Crippen MR) is 76.0 cm³/mol. The molecule has 0 heterocycles. The van der Waals surface area contributed by atoms with E-state index >= 15 is 0 Å². The van der Waals surface area contributed by atoms with Gasteiger partial charge in [0.05, 0.1) is 13.0 Å². The molecular formula is C15H16N2O3. The number of hydrogen-bond acceptors (Lipinski definition) is 3. The third-order valence-corrected chi connectivity index (χ3v) is 2.81. The Kier molecular flexibility index (Phi) is 4.55. The molecule has 0 spiro atoms. The summed E-state index contributed by atoms with van der Waals surface area (Å²) in [5.41, 5.74) is 5.42. The summed E-state index contributed by atoms with van der Waals surface area (Å²) >= 11 is 0. The van der Waals surface area contributed by atoms with E-state index in [2.05, 4.69) is 15.6 Å². The Labute approximate surface area is 116 Å². The fourth-order valence-corrected chi connectivity index (χ4v) is 1.95. The van der Waals surface area contributed by atoms with Crippen LogP contribution in [0.15, 0.2) is 42.5 Å². The monoisotopic (exact) mass is 272 g/mol. The molecule has 0 saturated heterocycles. The van der Waals surface area contributed by atoms with Crippen molar-refractivity contribution in [1.82, 2.24) is 10.9 Å². The van der Waals surface area contributed by atoms with E-state index < -0.39 is 6.09 Å². The van der Waals surface area contributed by atoms with E-state index in [0.29, 0.717) is 0 Å². The molecule has 0 saturated carbocycles. The van der Waals surface area contributed by atoms with Crippen molar-refractivity contribution in [2.75, 3.05) is 6.61 Å². The molecule has 0 aromatic heterocycles. The van der Waals surface area contributed by atoms with Gasteiger partial charge in [0.1, 0.15) is 0 Å². The SMILES string of the molecule is CCOC(=O)NNC(=O)Cc1cccc2ccccc12. The summed E-state index contributed by atoms with van der Waals surface area (Å²) in [7, 11) is 0. The molecule has 0 aliphatic carbocycles. The first-order valence-corrected chi connectivity index (χ1v) is 6.39. The highest BCUT2D eigenvalue weighted by molar-refractivity contribution is 5.90. The highest BCUT2D eigenvalue weighted by Gasteiger charge is 2.08. The normalized spacial score (nSPS) is 10.1. The maximum atomic E-state index is 11.8. The number of ether oxygens (including phenoxy) is 1. The van der Waals surface area contributed by atoms with Gasteiger partial charge in [-0.1, -0.05) is 42.5 Å². The molecule has 2 aromatic carbocycles.